The van der Waals surface area contributed by atoms with E-state index < -0.39 is 58.9 Å². The summed E-state index contributed by atoms with van der Waals surface area (Å²) in [5.41, 5.74) is -1.24. The van der Waals surface area contributed by atoms with Gasteiger partial charge in [-0.3, -0.25) is 9.59 Å². The van der Waals surface area contributed by atoms with E-state index in [1.54, 1.807) is 37.3 Å². The van der Waals surface area contributed by atoms with Crippen molar-refractivity contribution >= 4 is 35.7 Å². The number of ether oxygens (including phenoxy) is 4. The molecular formula is C39H35F3N4O8S. The third kappa shape index (κ3) is 10.9. The topological polar surface area (TPSA) is 163 Å². The van der Waals surface area contributed by atoms with Gasteiger partial charge in [-0.15, -0.1) is 11.8 Å². The molecule has 0 aliphatic carbocycles. The molecule has 1 aromatic heterocycles. The van der Waals surface area contributed by atoms with Gasteiger partial charge >= 0.3 is 17.9 Å². The van der Waals surface area contributed by atoms with E-state index in [4.69, 9.17) is 29.3 Å². The Morgan fingerprint density at radius 2 is 1.85 bits per heavy atom. The molecule has 2 heterocycles. The fraction of sp³-hybridized carbons (Fsp3) is 0.282. The Balaban J connectivity index is 1.36. The molecule has 0 saturated carbocycles. The minimum Gasteiger partial charge on any atom is -0.481 e. The number of thioether (sulfide) groups is 1. The van der Waals surface area contributed by atoms with E-state index in [-0.39, 0.29) is 60.3 Å². The smallest absolute Gasteiger partial charge is 0.339 e. The Morgan fingerprint density at radius 1 is 1.07 bits per heavy atom. The number of carboxylic acids is 1. The molecule has 12 nitrogen and oxygen atoms in total. The molecule has 0 spiro atoms. The summed E-state index contributed by atoms with van der Waals surface area (Å²) in [6.45, 7) is 1.45. The van der Waals surface area contributed by atoms with Gasteiger partial charge in [-0.1, -0.05) is 42.5 Å². The molecule has 0 unspecified atom stereocenters. The van der Waals surface area contributed by atoms with Crippen molar-refractivity contribution in [1.82, 2.24) is 14.8 Å². The maximum atomic E-state index is 15.9. The number of esters is 2. The maximum Gasteiger partial charge on any atom is 0.339 e. The molecule has 5 rings (SSSR count). The lowest BCUT2D eigenvalue weighted by Crippen LogP contribution is -2.47. The molecule has 1 aliphatic heterocycles. The molecule has 1 aliphatic rings. The fourth-order valence-corrected chi connectivity index (χ4v) is 6.99. The Hall–Kier alpha value is -5.76. The third-order valence-corrected chi connectivity index (χ3v) is 9.87. The van der Waals surface area contributed by atoms with Crippen molar-refractivity contribution in [2.24, 2.45) is 0 Å². The second-order valence-electron chi connectivity index (χ2n) is 12.2. The normalized spacial score (nSPS) is 17.4. The van der Waals surface area contributed by atoms with Gasteiger partial charge in [0, 0.05) is 28.0 Å². The van der Waals surface area contributed by atoms with Crippen LogP contribution in [-0.4, -0.2) is 67.8 Å². The molecule has 16 heteroatoms. The lowest BCUT2D eigenvalue weighted by atomic mass is 9.89. The highest BCUT2D eigenvalue weighted by Crippen LogP contribution is 2.42. The number of hydrogen-bond donors (Lipinski definition) is 1. The zero-order chi connectivity index (χ0) is 39.4. The SMILES string of the molecule is C[C@@H](S[C@H]1CO[C@H](/C=C/C=C/c2ccc(C#N)cc2F)OC1)[C@@](Cn1cncn1)(OC(=O)c1ccccc1COC(=O)CCC(=O)O)c1ccc(F)cc1F. The average molecular weight is 777 g/mol. The number of rotatable bonds is 16. The van der Waals surface area contributed by atoms with Crippen LogP contribution in [0.3, 0.4) is 0 Å². The van der Waals surface area contributed by atoms with E-state index in [2.05, 4.69) is 10.1 Å². The standard InChI is InChI=1S/C39H35F3N4O8S/c1-25(55-30-20-52-37(53-21-30)9-5-3-6-27-11-10-26(18-43)16-33(27)41)39(22-46-24-44-23-45-46,32-13-12-29(40)17-34(32)42)54-38(50)31-8-4-2-7-28(31)19-51-36(49)15-14-35(47)48/h2-13,16-17,23-25,30,37H,14-15,19-22H2,1H3,(H,47,48)/b6-3+,9-5+/t25-,30-,37-,39-/m1/s1. The number of nitrogens with zero attached hydrogens (tertiary/aromatic N) is 4. The predicted molar refractivity (Wildman–Crippen MR) is 192 cm³/mol. The highest BCUT2D eigenvalue weighted by atomic mass is 32.2. The van der Waals surface area contributed by atoms with Crippen LogP contribution in [-0.2, 0) is 47.3 Å². The van der Waals surface area contributed by atoms with Gasteiger partial charge < -0.3 is 24.1 Å². The van der Waals surface area contributed by atoms with Crippen LogP contribution in [0.1, 0.15) is 52.4 Å². The number of carbonyl (C=O) groups is 3. The molecule has 1 saturated heterocycles. The van der Waals surface area contributed by atoms with Gasteiger partial charge in [0.2, 0.25) is 0 Å². The van der Waals surface area contributed by atoms with Crippen LogP contribution in [0.2, 0.25) is 0 Å². The van der Waals surface area contributed by atoms with Crippen molar-refractivity contribution in [2.75, 3.05) is 13.2 Å². The van der Waals surface area contributed by atoms with Crippen LogP contribution >= 0.6 is 11.8 Å². The summed E-state index contributed by atoms with van der Waals surface area (Å²) in [5, 5.41) is 20.9. The number of aliphatic carboxylic acids is 1. The molecule has 3 aromatic carbocycles. The highest BCUT2D eigenvalue weighted by molar-refractivity contribution is 8.00. The Bertz CT molecular complexity index is 2080. The second-order valence-corrected chi connectivity index (χ2v) is 13.9. The first-order valence-electron chi connectivity index (χ1n) is 16.9. The molecule has 55 heavy (non-hydrogen) atoms. The first-order valence-corrected chi connectivity index (χ1v) is 17.8. The van der Waals surface area contributed by atoms with Crippen molar-refractivity contribution in [3.63, 3.8) is 0 Å². The Labute approximate surface area is 318 Å². The van der Waals surface area contributed by atoms with Gasteiger partial charge in [0.15, 0.2) is 11.9 Å². The summed E-state index contributed by atoms with van der Waals surface area (Å²) in [5.74, 6) is -5.22. The summed E-state index contributed by atoms with van der Waals surface area (Å²) >= 11 is 1.28. The lowest BCUT2D eigenvalue weighted by molar-refractivity contribution is -0.148. The quantitative estimate of drug-likeness (QED) is 0.0992. The van der Waals surface area contributed by atoms with Crippen LogP contribution in [0.15, 0.2) is 91.5 Å². The summed E-state index contributed by atoms with van der Waals surface area (Å²) in [6, 6.07) is 15.1. The van der Waals surface area contributed by atoms with Crippen LogP contribution in [0.25, 0.3) is 6.08 Å². The number of aromatic nitrogens is 3. The number of benzene rings is 3. The van der Waals surface area contributed by atoms with E-state index in [1.165, 1.54) is 65.5 Å². The zero-order valence-corrected chi connectivity index (χ0v) is 30.2. The van der Waals surface area contributed by atoms with E-state index >= 15 is 4.39 Å². The van der Waals surface area contributed by atoms with Crippen LogP contribution < -0.4 is 0 Å². The van der Waals surface area contributed by atoms with Crippen molar-refractivity contribution in [1.29, 1.82) is 5.26 Å². The fourth-order valence-electron chi connectivity index (χ4n) is 5.63. The zero-order valence-electron chi connectivity index (χ0n) is 29.3. The van der Waals surface area contributed by atoms with E-state index in [1.807, 2.05) is 6.07 Å². The second kappa shape index (κ2) is 19.0. The largest absolute Gasteiger partial charge is 0.481 e. The van der Waals surface area contributed by atoms with E-state index in [0.29, 0.717) is 11.6 Å². The van der Waals surface area contributed by atoms with Gasteiger partial charge in [-0.25, -0.2) is 27.6 Å². The third-order valence-electron chi connectivity index (χ3n) is 8.42. The average Bonchev–Trinajstić information content (AvgIpc) is 3.68. The summed E-state index contributed by atoms with van der Waals surface area (Å²) in [6.07, 6.45) is 7.49. The van der Waals surface area contributed by atoms with Crippen molar-refractivity contribution in [3.05, 3.63) is 137 Å². The van der Waals surface area contributed by atoms with Gasteiger partial charge in [0.1, 0.15) is 36.7 Å². The van der Waals surface area contributed by atoms with Crippen molar-refractivity contribution < 1.29 is 51.6 Å². The minimum atomic E-state index is -1.85. The summed E-state index contributed by atoms with van der Waals surface area (Å²) < 4.78 is 69.0. The van der Waals surface area contributed by atoms with Crippen LogP contribution in [0.4, 0.5) is 13.2 Å². The maximum absolute atomic E-state index is 15.9. The minimum absolute atomic E-state index is 0.00819. The molecule has 0 radical (unpaired) electrons. The molecule has 1 N–H and O–H groups in total. The Kier molecular flexibility index (Phi) is 14.0. The molecular weight excluding hydrogens is 742 g/mol. The van der Waals surface area contributed by atoms with Crippen LogP contribution in [0, 0.1) is 28.8 Å². The first-order chi connectivity index (χ1) is 26.5. The summed E-state index contributed by atoms with van der Waals surface area (Å²) in [4.78, 5) is 41.2. The van der Waals surface area contributed by atoms with Gasteiger partial charge in [0.25, 0.3) is 0 Å². The Morgan fingerprint density at radius 3 is 2.55 bits per heavy atom. The number of nitriles is 1. The first kappa shape index (κ1) is 40.4. The van der Waals surface area contributed by atoms with Crippen molar-refractivity contribution in [2.45, 2.75) is 55.3 Å². The molecule has 0 amide bonds. The van der Waals surface area contributed by atoms with E-state index in [0.717, 1.165) is 12.1 Å². The monoisotopic (exact) mass is 776 g/mol. The highest BCUT2D eigenvalue weighted by Gasteiger charge is 2.47. The predicted octanol–water partition coefficient (Wildman–Crippen LogP) is 6.36. The summed E-state index contributed by atoms with van der Waals surface area (Å²) in [7, 11) is 0. The van der Waals surface area contributed by atoms with Gasteiger partial charge in [0.05, 0.1) is 55.0 Å². The number of carbonyl (C=O) groups excluding carboxylic acids is 2. The molecule has 286 valence electrons. The molecule has 0 bridgehead atoms. The molecule has 2 atom stereocenters. The number of hydrogen-bond acceptors (Lipinski definition) is 11. The molecule has 4 aromatic rings. The lowest BCUT2D eigenvalue weighted by Gasteiger charge is -2.40. The number of halogens is 3. The molecule has 1 fully saturated rings. The van der Waals surface area contributed by atoms with Crippen LogP contribution in [0.5, 0.6) is 0 Å². The van der Waals surface area contributed by atoms with Crippen molar-refractivity contribution in [3.8, 4) is 6.07 Å². The van der Waals surface area contributed by atoms with E-state index in [9.17, 15) is 23.2 Å². The van der Waals surface area contributed by atoms with Gasteiger partial charge in [-0.2, -0.15) is 10.4 Å². The number of carboxylic acid groups (broad SMARTS) is 1. The number of allylic oxidation sites excluding steroid dienone is 2. The van der Waals surface area contributed by atoms with Gasteiger partial charge in [-0.05, 0) is 43.3 Å².